The fourth-order valence-electron chi connectivity index (χ4n) is 2.33. The van der Waals surface area contributed by atoms with E-state index in [0.717, 1.165) is 6.07 Å². The maximum atomic E-state index is 12.4. The normalized spacial score (nSPS) is 12.6. The Morgan fingerprint density at radius 2 is 1.27 bits per heavy atom. The second-order valence-electron chi connectivity index (χ2n) is 4.36. The molecule has 0 saturated carbocycles. The number of carbonyl (C=O) groups is 2. The summed E-state index contributed by atoms with van der Waals surface area (Å²) in [6.45, 7) is 0. The van der Waals surface area contributed by atoms with E-state index in [1.807, 2.05) is 0 Å². The fraction of sp³-hybridized carbons (Fsp3) is 0. The van der Waals surface area contributed by atoms with Crippen molar-refractivity contribution >= 4 is 21.7 Å². The number of carbonyl (C=O) groups excluding carboxylic acids is 2. The molecule has 2 aromatic carbocycles. The third-order valence-corrected chi connectivity index (χ3v) is 4.09. The van der Waals surface area contributed by atoms with Crippen molar-refractivity contribution in [3.8, 4) is 0 Å². The van der Waals surface area contributed by atoms with Crippen LogP contribution >= 0.6 is 0 Å². The largest absolute Gasteiger partial charge is 1.00 e. The molecule has 1 aliphatic carbocycles. The van der Waals surface area contributed by atoms with Gasteiger partial charge < -0.3 is 2.85 Å². The molecule has 8 heteroatoms. The minimum atomic E-state index is -4.58. The molecule has 0 spiro atoms. The summed E-state index contributed by atoms with van der Waals surface area (Å²) in [6.07, 6.45) is 0. The van der Waals surface area contributed by atoms with Gasteiger partial charge in [-0.25, -0.2) is 0 Å². The third-order valence-electron chi connectivity index (χ3n) is 3.19. The summed E-state index contributed by atoms with van der Waals surface area (Å²) in [4.78, 5) is 24.2. The maximum absolute atomic E-state index is 12.4. The molecule has 3 rings (SSSR count). The van der Waals surface area contributed by atoms with Gasteiger partial charge in [0.05, 0.1) is 5.56 Å². The van der Waals surface area contributed by atoms with Crippen LogP contribution in [0.25, 0.3) is 0 Å². The molecule has 0 saturated heterocycles. The van der Waals surface area contributed by atoms with Crippen LogP contribution in [0.2, 0.25) is 0 Å². The Kier molecular flexibility index (Phi) is 5.64. The van der Waals surface area contributed by atoms with Gasteiger partial charge >= 0.3 is 37.7 Å². The molecule has 0 aliphatic heterocycles. The first-order valence-electron chi connectivity index (χ1n) is 5.70. The van der Waals surface area contributed by atoms with Crippen molar-refractivity contribution < 1.29 is 63.1 Å². The molecular weight excluding hydrogens is 294 g/mol. The van der Waals surface area contributed by atoms with E-state index < -0.39 is 26.6 Å². The summed E-state index contributed by atoms with van der Waals surface area (Å²) in [5, 5.41) is 0. The van der Waals surface area contributed by atoms with Crippen molar-refractivity contribution in [2.45, 2.75) is 4.90 Å². The number of hydrogen-bond donors (Lipinski definition) is 1. The molecule has 0 bridgehead atoms. The fourth-order valence-corrected chi connectivity index (χ4v) is 3.04. The number of ketones is 2. The summed E-state index contributed by atoms with van der Waals surface area (Å²) in [5.74, 6) is -1.01. The number of hydrogen-bond acceptors (Lipinski definition) is 4. The predicted octanol–water partition coefficient (Wildman–Crippen LogP) is -4.06. The molecule has 0 heterocycles. The molecule has 1 N–H and O–H groups in total. The van der Waals surface area contributed by atoms with E-state index in [0.29, 0.717) is 0 Å². The third kappa shape index (κ3) is 2.87. The van der Waals surface area contributed by atoms with Crippen molar-refractivity contribution in [3.63, 3.8) is 0 Å². The number of benzene rings is 2. The van der Waals surface area contributed by atoms with Crippen LogP contribution in [0.4, 0.5) is 0 Å². The standard InChI is InChI=1S/C14H8O5S.2Li.2H/c15-13-8-4-1-2-5-9(8)14(16)12-10(13)6-3-7-11(12)20(17,18)19;;;;/h1-7H,(H,17,18,19);;;;/q;2*+1;2*-1. The van der Waals surface area contributed by atoms with Crippen molar-refractivity contribution in [2.75, 3.05) is 0 Å². The molecule has 0 amide bonds. The Labute approximate surface area is 154 Å². The molecule has 1 aliphatic rings. The van der Waals surface area contributed by atoms with Crippen molar-refractivity contribution in [1.82, 2.24) is 0 Å². The van der Waals surface area contributed by atoms with Crippen LogP contribution in [-0.4, -0.2) is 24.5 Å². The molecule has 104 valence electrons. The van der Waals surface area contributed by atoms with Crippen LogP contribution < -0.4 is 37.7 Å². The Morgan fingerprint density at radius 3 is 1.82 bits per heavy atom. The van der Waals surface area contributed by atoms with Crippen molar-refractivity contribution in [2.24, 2.45) is 0 Å². The first-order valence-corrected chi connectivity index (χ1v) is 7.14. The average molecular weight is 304 g/mol. The predicted molar refractivity (Wildman–Crippen MR) is 71.8 cm³/mol. The molecule has 5 nitrogen and oxygen atoms in total. The van der Waals surface area contributed by atoms with E-state index in [1.54, 1.807) is 12.1 Å². The molecule has 0 unspecified atom stereocenters. The summed E-state index contributed by atoms with van der Waals surface area (Å²) in [7, 11) is -4.58. The van der Waals surface area contributed by atoms with Crippen molar-refractivity contribution in [3.05, 3.63) is 64.7 Å². The van der Waals surface area contributed by atoms with E-state index in [9.17, 15) is 22.6 Å². The first kappa shape index (κ1) is 18.9. The quantitative estimate of drug-likeness (QED) is 0.365. The van der Waals surface area contributed by atoms with E-state index in [1.165, 1.54) is 24.3 Å². The van der Waals surface area contributed by atoms with Gasteiger partial charge in [-0.3, -0.25) is 14.1 Å². The van der Waals surface area contributed by atoms with E-state index in [2.05, 4.69) is 0 Å². The minimum absolute atomic E-state index is 0. The van der Waals surface area contributed by atoms with Gasteiger partial charge in [0.15, 0.2) is 11.6 Å². The number of rotatable bonds is 1. The zero-order chi connectivity index (χ0) is 14.5. The van der Waals surface area contributed by atoms with E-state index in [-0.39, 0.29) is 62.8 Å². The smallest absolute Gasteiger partial charge is 1.00 e. The SMILES string of the molecule is O=C1c2ccccc2C(=O)c2c1cccc2S(=O)(=O)O.[H-].[H-].[Li+].[Li+]. The topological polar surface area (TPSA) is 88.5 Å². The van der Waals surface area contributed by atoms with Crippen LogP contribution in [0.15, 0.2) is 47.4 Å². The second kappa shape index (κ2) is 6.56. The Morgan fingerprint density at radius 1 is 0.773 bits per heavy atom. The molecular formula is C14H10Li2O5S. The van der Waals surface area contributed by atoms with Gasteiger partial charge in [-0.15, -0.1) is 0 Å². The first-order chi connectivity index (χ1) is 9.41. The molecule has 0 fully saturated rings. The molecule has 0 aromatic heterocycles. The van der Waals surface area contributed by atoms with Crippen LogP contribution in [0, 0.1) is 0 Å². The van der Waals surface area contributed by atoms with Gasteiger partial charge in [0, 0.05) is 16.7 Å². The minimum Gasteiger partial charge on any atom is -1.00 e. The van der Waals surface area contributed by atoms with Crippen LogP contribution in [0.5, 0.6) is 0 Å². The summed E-state index contributed by atoms with van der Waals surface area (Å²) >= 11 is 0. The van der Waals surface area contributed by atoms with Crippen LogP contribution in [-0.2, 0) is 10.1 Å². The zero-order valence-corrected chi connectivity index (χ0v) is 12.8. The molecule has 0 radical (unpaired) electrons. The monoisotopic (exact) mass is 304 g/mol. The van der Waals surface area contributed by atoms with Gasteiger partial charge in [0.25, 0.3) is 10.1 Å². The Hall–Kier alpha value is -1.12. The van der Waals surface area contributed by atoms with Crippen molar-refractivity contribution in [1.29, 1.82) is 0 Å². The summed E-state index contributed by atoms with van der Waals surface area (Å²) in [5.41, 5.74) is 0.0983. The summed E-state index contributed by atoms with van der Waals surface area (Å²) < 4.78 is 31.9. The van der Waals surface area contributed by atoms with Gasteiger partial charge in [0.1, 0.15) is 4.90 Å². The van der Waals surface area contributed by atoms with Gasteiger partial charge in [0.2, 0.25) is 0 Å². The average Bonchev–Trinajstić information content (AvgIpc) is 2.43. The van der Waals surface area contributed by atoms with E-state index in [4.69, 9.17) is 0 Å². The Bertz CT molecular complexity index is 884. The zero-order valence-electron chi connectivity index (χ0n) is 14.0. The molecule has 0 atom stereocenters. The van der Waals surface area contributed by atoms with Crippen LogP contribution in [0.1, 0.15) is 34.7 Å². The second-order valence-corrected chi connectivity index (χ2v) is 5.75. The van der Waals surface area contributed by atoms with Gasteiger partial charge in [-0.2, -0.15) is 8.42 Å². The number of fused-ring (bicyclic) bond motifs is 2. The molecule has 22 heavy (non-hydrogen) atoms. The van der Waals surface area contributed by atoms with E-state index >= 15 is 0 Å². The Balaban J connectivity index is 0. The maximum Gasteiger partial charge on any atom is 1.00 e. The van der Waals surface area contributed by atoms with Gasteiger partial charge in [-0.1, -0.05) is 36.4 Å². The molecule has 2 aromatic rings. The van der Waals surface area contributed by atoms with Gasteiger partial charge in [-0.05, 0) is 6.07 Å². The van der Waals surface area contributed by atoms with Crippen LogP contribution in [0.3, 0.4) is 0 Å². The summed E-state index contributed by atoms with van der Waals surface area (Å²) in [6, 6.07) is 9.99.